The zero-order chi connectivity index (χ0) is 19.3. The van der Waals surface area contributed by atoms with Gasteiger partial charge in [0.15, 0.2) is 0 Å². The zero-order valence-corrected chi connectivity index (χ0v) is 15.8. The summed E-state index contributed by atoms with van der Waals surface area (Å²) < 4.78 is 14.1. The molecule has 4 nitrogen and oxygen atoms in total. The average molecular weight is 380 g/mol. The van der Waals surface area contributed by atoms with Crippen LogP contribution < -0.4 is 0 Å². The van der Waals surface area contributed by atoms with Crippen LogP contribution >= 0.6 is 0 Å². The number of carbonyl (C=O) groups excluding carboxylic acids is 1. The summed E-state index contributed by atoms with van der Waals surface area (Å²) in [7, 11) is 0. The molecule has 1 saturated carbocycles. The fraction of sp³-hybridized carbons (Fsp3) is 0.435. The lowest BCUT2D eigenvalue weighted by Gasteiger charge is -2.71. The third-order valence-electron chi connectivity index (χ3n) is 6.75. The number of rotatable bonds is 5. The van der Waals surface area contributed by atoms with Crippen molar-refractivity contribution in [1.29, 1.82) is 0 Å². The molecule has 2 heterocycles. The summed E-state index contributed by atoms with van der Waals surface area (Å²) in [4.78, 5) is 17.0. The van der Waals surface area contributed by atoms with Gasteiger partial charge in [0, 0.05) is 31.6 Å². The van der Waals surface area contributed by atoms with Crippen LogP contribution in [0.5, 0.6) is 0 Å². The summed E-state index contributed by atoms with van der Waals surface area (Å²) in [6.45, 7) is 2.28. The number of aliphatic hydroxyl groups excluding tert-OH is 1. The molecule has 2 saturated heterocycles. The summed E-state index contributed by atoms with van der Waals surface area (Å²) in [6.07, 6.45) is 2.50. The summed E-state index contributed by atoms with van der Waals surface area (Å²) in [5.41, 5.74) is 1.21. The summed E-state index contributed by atoms with van der Waals surface area (Å²) in [6, 6.07) is 16.6. The molecule has 28 heavy (non-hydrogen) atoms. The van der Waals surface area contributed by atoms with Crippen molar-refractivity contribution < 1.29 is 14.3 Å². The Morgan fingerprint density at radius 3 is 2.39 bits per heavy atom. The first-order valence-electron chi connectivity index (χ1n) is 10.1. The molecule has 5 rings (SSSR count). The number of hydrogen-bond acceptors (Lipinski definition) is 3. The van der Waals surface area contributed by atoms with Gasteiger partial charge in [0.2, 0.25) is 0 Å². The van der Waals surface area contributed by atoms with Crippen LogP contribution in [0.1, 0.15) is 34.7 Å². The second kappa shape index (κ2) is 6.68. The van der Waals surface area contributed by atoms with E-state index in [1.165, 1.54) is 24.5 Å². The third kappa shape index (κ3) is 2.68. The Kier molecular flexibility index (Phi) is 4.25. The molecule has 1 N–H and O–H groups in total. The molecule has 0 radical (unpaired) electrons. The molecule has 3 aliphatic rings. The zero-order valence-electron chi connectivity index (χ0n) is 15.8. The van der Waals surface area contributed by atoms with E-state index < -0.39 is 5.82 Å². The van der Waals surface area contributed by atoms with Crippen molar-refractivity contribution in [2.75, 3.05) is 26.2 Å². The average Bonchev–Trinajstić information content (AvgIpc) is 3.49. The van der Waals surface area contributed by atoms with Gasteiger partial charge in [-0.25, -0.2) is 4.39 Å². The van der Waals surface area contributed by atoms with Gasteiger partial charge in [-0.1, -0.05) is 42.5 Å². The first-order chi connectivity index (χ1) is 13.6. The van der Waals surface area contributed by atoms with Gasteiger partial charge in [-0.2, -0.15) is 0 Å². The van der Waals surface area contributed by atoms with E-state index in [1.54, 1.807) is 23.1 Å². The summed E-state index contributed by atoms with van der Waals surface area (Å²) >= 11 is 0. The van der Waals surface area contributed by atoms with Gasteiger partial charge < -0.3 is 10.0 Å². The number of amides is 1. The minimum Gasteiger partial charge on any atom is -0.395 e. The molecule has 1 spiro atoms. The van der Waals surface area contributed by atoms with Crippen LogP contribution in [0.3, 0.4) is 0 Å². The highest BCUT2D eigenvalue weighted by Gasteiger charge is 2.66. The molecule has 0 unspecified atom stereocenters. The van der Waals surface area contributed by atoms with Crippen LogP contribution in [-0.2, 0) is 0 Å². The van der Waals surface area contributed by atoms with E-state index in [9.17, 15) is 14.3 Å². The number of carbonyl (C=O) groups is 1. The lowest BCUT2D eigenvalue weighted by atomic mass is 9.60. The molecule has 2 aromatic carbocycles. The molecular weight excluding hydrogens is 355 g/mol. The molecule has 0 aromatic heterocycles. The molecule has 146 valence electrons. The van der Waals surface area contributed by atoms with E-state index in [-0.39, 0.29) is 35.6 Å². The van der Waals surface area contributed by atoms with Gasteiger partial charge in [0.25, 0.3) is 5.91 Å². The Balaban J connectivity index is 1.41. The van der Waals surface area contributed by atoms with E-state index >= 15 is 0 Å². The Morgan fingerprint density at radius 2 is 1.75 bits per heavy atom. The molecule has 2 aliphatic heterocycles. The van der Waals surface area contributed by atoms with E-state index in [1.807, 2.05) is 18.2 Å². The summed E-state index contributed by atoms with van der Waals surface area (Å²) in [5.74, 6) is 0.195. The SMILES string of the molecule is O=C(c1ccccc1F)N1CC2(C1)[C@@H](c1ccccc1)[C@@H](CO)N2CC1CC1. The maximum absolute atomic E-state index is 14.1. The Bertz CT molecular complexity index is 877. The van der Waals surface area contributed by atoms with Crippen LogP contribution in [0.4, 0.5) is 4.39 Å². The second-order valence-corrected chi connectivity index (χ2v) is 8.48. The normalized spacial score (nSPS) is 26.0. The predicted octanol–water partition coefficient (Wildman–Crippen LogP) is 2.89. The molecule has 2 atom stereocenters. The van der Waals surface area contributed by atoms with E-state index in [0.717, 1.165) is 6.54 Å². The van der Waals surface area contributed by atoms with Gasteiger partial charge in [-0.15, -0.1) is 0 Å². The maximum Gasteiger partial charge on any atom is 0.256 e. The molecule has 1 amide bonds. The van der Waals surface area contributed by atoms with Crippen molar-refractivity contribution in [1.82, 2.24) is 9.80 Å². The van der Waals surface area contributed by atoms with Gasteiger partial charge >= 0.3 is 0 Å². The van der Waals surface area contributed by atoms with Gasteiger partial charge in [0.05, 0.1) is 17.7 Å². The van der Waals surface area contributed by atoms with Gasteiger partial charge in [0.1, 0.15) is 5.82 Å². The highest BCUT2D eigenvalue weighted by atomic mass is 19.1. The van der Waals surface area contributed by atoms with Crippen LogP contribution in [0.25, 0.3) is 0 Å². The Morgan fingerprint density at radius 1 is 1.07 bits per heavy atom. The highest BCUT2D eigenvalue weighted by molar-refractivity contribution is 5.95. The molecular formula is C23H25FN2O2. The first-order valence-corrected chi connectivity index (χ1v) is 10.1. The molecule has 5 heteroatoms. The van der Waals surface area contributed by atoms with E-state index in [2.05, 4.69) is 17.0 Å². The summed E-state index contributed by atoms with van der Waals surface area (Å²) in [5, 5.41) is 10.1. The third-order valence-corrected chi connectivity index (χ3v) is 6.75. The van der Waals surface area contributed by atoms with Crippen LogP contribution in [-0.4, -0.2) is 58.6 Å². The minimum absolute atomic E-state index is 0.0914. The number of aliphatic hydroxyl groups is 1. The first kappa shape index (κ1) is 17.8. The number of halogens is 1. The van der Waals surface area contributed by atoms with Gasteiger partial charge in [-0.3, -0.25) is 9.69 Å². The van der Waals surface area contributed by atoms with Crippen molar-refractivity contribution in [3.8, 4) is 0 Å². The number of benzene rings is 2. The van der Waals surface area contributed by atoms with Crippen LogP contribution in [0.15, 0.2) is 54.6 Å². The maximum atomic E-state index is 14.1. The predicted molar refractivity (Wildman–Crippen MR) is 105 cm³/mol. The molecule has 3 fully saturated rings. The lowest BCUT2D eigenvalue weighted by Crippen LogP contribution is -2.85. The van der Waals surface area contributed by atoms with Crippen molar-refractivity contribution >= 4 is 5.91 Å². The lowest BCUT2D eigenvalue weighted by molar-refractivity contribution is -0.180. The van der Waals surface area contributed by atoms with Gasteiger partial charge in [-0.05, 0) is 36.5 Å². The Labute approximate surface area is 164 Å². The topological polar surface area (TPSA) is 43.8 Å². The van der Waals surface area contributed by atoms with Crippen LogP contribution in [0, 0.1) is 11.7 Å². The second-order valence-electron chi connectivity index (χ2n) is 8.48. The van der Waals surface area contributed by atoms with Crippen molar-refractivity contribution in [3.05, 3.63) is 71.5 Å². The molecule has 1 aliphatic carbocycles. The Hall–Kier alpha value is -2.24. The van der Waals surface area contributed by atoms with E-state index in [4.69, 9.17) is 0 Å². The fourth-order valence-electron chi connectivity index (χ4n) is 5.20. The highest BCUT2D eigenvalue weighted by Crippen LogP contribution is 2.55. The number of likely N-dealkylation sites (tertiary alicyclic amines) is 2. The largest absolute Gasteiger partial charge is 0.395 e. The monoisotopic (exact) mass is 380 g/mol. The fourth-order valence-corrected chi connectivity index (χ4v) is 5.20. The quantitative estimate of drug-likeness (QED) is 0.868. The number of hydrogen-bond donors (Lipinski definition) is 1. The van der Waals surface area contributed by atoms with Crippen molar-refractivity contribution in [2.45, 2.75) is 30.3 Å². The standard InChI is InChI=1S/C23H25FN2O2/c24-19-9-5-4-8-18(19)22(28)25-14-23(15-25)21(17-6-2-1-3-7-17)20(13-27)26(23)12-16-10-11-16/h1-9,16,20-21,27H,10-15H2/t20-,21+/m1/s1. The minimum atomic E-state index is -0.468. The number of nitrogens with zero attached hydrogens (tertiary/aromatic N) is 2. The van der Waals surface area contributed by atoms with Crippen molar-refractivity contribution in [2.24, 2.45) is 5.92 Å². The van der Waals surface area contributed by atoms with Crippen molar-refractivity contribution in [3.63, 3.8) is 0 Å². The van der Waals surface area contributed by atoms with E-state index in [0.29, 0.717) is 19.0 Å². The molecule has 2 aromatic rings. The van der Waals surface area contributed by atoms with Crippen LogP contribution in [0.2, 0.25) is 0 Å². The molecule has 0 bridgehead atoms. The smallest absolute Gasteiger partial charge is 0.256 e.